The van der Waals surface area contributed by atoms with Crippen molar-refractivity contribution in [2.75, 3.05) is 0 Å². The van der Waals surface area contributed by atoms with Gasteiger partial charge >= 0.3 is 0 Å². The fraction of sp³-hybridized carbons (Fsp3) is 0.400. The van der Waals surface area contributed by atoms with E-state index in [1.165, 1.54) is 9.75 Å². The topological polar surface area (TPSA) is 104 Å². The molecule has 4 heterocycles. The van der Waals surface area contributed by atoms with Gasteiger partial charge < -0.3 is 14.8 Å². The third kappa shape index (κ3) is 2.67. The van der Waals surface area contributed by atoms with E-state index in [-0.39, 0.29) is 0 Å². The predicted octanol–water partition coefficient (Wildman–Crippen LogP) is 4.65. The van der Waals surface area contributed by atoms with Gasteiger partial charge in [0.2, 0.25) is 0 Å². The van der Waals surface area contributed by atoms with Crippen LogP contribution < -0.4 is 5.73 Å². The molecule has 0 radical (unpaired) electrons. The number of pyridine rings is 1. The number of aromatic nitrogens is 4. The molecular weight excluding hydrogens is 374 g/mol. The fourth-order valence-corrected chi connectivity index (χ4v) is 4.98. The number of nitrogens with two attached hydrogens (primary N) is 1. The number of fused-ring (bicyclic) bond motifs is 1. The van der Waals surface area contributed by atoms with Crippen LogP contribution in [-0.4, -0.2) is 20.3 Å². The maximum Gasteiger partial charge on any atom is 0.259 e. The predicted molar refractivity (Wildman–Crippen MR) is 107 cm³/mol. The maximum absolute atomic E-state index is 6.51. The Bertz CT molecular complexity index is 1180. The summed E-state index contributed by atoms with van der Waals surface area (Å²) in [5, 5.41) is 9.10. The number of thiophene rings is 1. The molecular formula is C20H21N5O2S. The molecule has 0 bridgehead atoms. The molecule has 1 saturated carbocycles. The molecule has 5 rings (SSSR count). The molecule has 0 aromatic carbocycles. The molecule has 1 aliphatic carbocycles. The van der Waals surface area contributed by atoms with Gasteiger partial charge in [-0.15, -0.1) is 11.3 Å². The van der Waals surface area contributed by atoms with Gasteiger partial charge in [-0.25, -0.2) is 4.98 Å². The Balaban J connectivity index is 1.69. The largest absolute Gasteiger partial charge is 0.335 e. The van der Waals surface area contributed by atoms with E-state index in [0.29, 0.717) is 17.4 Å². The van der Waals surface area contributed by atoms with Crippen molar-refractivity contribution < 1.29 is 9.05 Å². The molecule has 0 unspecified atom stereocenters. The second-order valence-electron chi connectivity index (χ2n) is 7.62. The SMILES string of the molecule is Cc1cc(-c2cc(-c3nc(C4(N)CCCC4)no3)c3c(C)noc3n2)c(C)s1. The first-order chi connectivity index (χ1) is 13.4. The molecule has 4 aromatic heterocycles. The monoisotopic (exact) mass is 395 g/mol. The quantitative estimate of drug-likeness (QED) is 0.538. The van der Waals surface area contributed by atoms with Crippen LogP contribution in [0.3, 0.4) is 0 Å². The molecule has 0 aliphatic heterocycles. The van der Waals surface area contributed by atoms with E-state index in [4.69, 9.17) is 14.8 Å². The molecule has 0 amide bonds. The molecule has 8 heteroatoms. The van der Waals surface area contributed by atoms with Gasteiger partial charge in [0.15, 0.2) is 5.82 Å². The molecule has 1 aliphatic rings. The molecule has 4 aromatic rings. The minimum atomic E-state index is -0.499. The Morgan fingerprint density at radius 1 is 1.00 bits per heavy atom. The highest BCUT2D eigenvalue weighted by Gasteiger charge is 2.36. The summed E-state index contributed by atoms with van der Waals surface area (Å²) in [6.07, 6.45) is 3.93. The summed E-state index contributed by atoms with van der Waals surface area (Å²) in [7, 11) is 0. The number of aryl methyl sites for hydroxylation is 3. The van der Waals surface area contributed by atoms with Gasteiger partial charge in [0.05, 0.1) is 27.9 Å². The Morgan fingerprint density at radius 3 is 2.50 bits per heavy atom. The van der Waals surface area contributed by atoms with E-state index in [2.05, 4.69) is 40.2 Å². The average molecular weight is 395 g/mol. The second-order valence-corrected chi connectivity index (χ2v) is 9.08. The first kappa shape index (κ1) is 17.5. The van der Waals surface area contributed by atoms with Crippen LogP contribution in [0, 0.1) is 20.8 Å². The standard InChI is InChI=1S/C20H21N5O2S/c1-10-8-13(12(3)28-10)15-9-14(16-11(2)24-27-18(16)22-15)17-23-19(25-26-17)20(21)6-4-5-7-20/h8-9H,4-7,21H2,1-3H3. The Labute approximate surface area is 165 Å². The minimum Gasteiger partial charge on any atom is -0.335 e. The molecule has 144 valence electrons. The van der Waals surface area contributed by atoms with Gasteiger partial charge in [0, 0.05) is 15.3 Å². The first-order valence-corrected chi connectivity index (χ1v) is 10.2. The van der Waals surface area contributed by atoms with Crippen molar-refractivity contribution in [3.05, 3.63) is 33.4 Å². The molecule has 2 N–H and O–H groups in total. The number of nitrogens with zero attached hydrogens (tertiary/aromatic N) is 4. The average Bonchev–Trinajstić information content (AvgIpc) is 3.43. The van der Waals surface area contributed by atoms with Crippen LogP contribution in [0.4, 0.5) is 0 Å². The zero-order chi connectivity index (χ0) is 19.5. The van der Waals surface area contributed by atoms with Gasteiger partial charge in [-0.2, -0.15) is 4.98 Å². The lowest BCUT2D eigenvalue weighted by Gasteiger charge is -2.17. The number of hydrogen-bond donors (Lipinski definition) is 1. The molecule has 28 heavy (non-hydrogen) atoms. The molecule has 0 spiro atoms. The van der Waals surface area contributed by atoms with Crippen molar-refractivity contribution in [3.63, 3.8) is 0 Å². The smallest absolute Gasteiger partial charge is 0.259 e. The highest BCUT2D eigenvalue weighted by Crippen LogP contribution is 2.38. The molecule has 0 saturated heterocycles. The molecule has 1 fully saturated rings. The lowest BCUT2D eigenvalue weighted by molar-refractivity contribution is 0.373. The summed E-state index contributed by atoms with van der Waals surface area (Å²) in [5.74, 6) is 0.999. The van der Waals surface area contributed by atoms with E-state index in [0.717, 1.165) is 53.6 Å². The summed E-state index contributed by atoms with van der Waals surface area (Å²) in [5.41, 5.74) is 9.89. The third-order valence-electron chi connectivity index (χ3n) is 5.53. The van der Waals surface area contributed by atoms with E-state index in [1.807, 2.05) is 13.0 Å². The van der Waals surface area contributed by atoms with Crippen molar-refractivity contribution in [1.82, 2.24) is 20.3 Å². The van der Waals surface area contributed by atoms with E-state index < -0.39 is 5.54 Å². The van der Waals surface area contributed by atoms with Crippen molar-refractivity contribution in [3.8, 4) is 22.7 Å². The summed E-state index contributed by atoms with van der Waals surface area (Å²) in [4.78, 5) is 11.8. The summed E-state index contributed by atoms with van der Waals surface area (Å²) in [6, 6.07) is 4.12. The van der Waals surface area contributed by atoms with Gasteiger partial charge in [-0.05, 0) is 45.7 Å². The van der Waals surface area contributed by atoms with Gasteiger partial charge in [-0.1, -0.05) is 23.2 Å². The lowest BCUT2D eigenvalue weighted by Crippen LogP contribution is -2.34. The van der Waals surface area contributed by atoms with Crippen molar-refractivity contribution in [2.45, 2.75) is 52.0 Å². The van der Waals surface area contributed by atoms with Crippen LogP contribution in [0.2, 0.25) is 0 Å². The van der Waals surface area contributed by atoms with Crippen molar-refractivity contribution in [2.24, 2.45) is 5.73 Å². The second kappa shape index (κ2) is 6.22. The van der Waals surface area contributed by atoms with Crippen LogP contribution in [-0.2, 0) is 5.54 Å². The van der Waals surface area contributed by atoms with E-state index >= 15 is 0 Å². The number of rotatable bonds is 3. The third-order valence-corrected chi connectivity index (χ3v) is 6.50. The molecule has 0 atom stereocenters. The van der Waals surface area contributed by atoms with Crippen LogP contribution >= 0.6 is 11.3 Å². The van der Waals surface area contributed by atoms with Crippen LogP contribution in [0.15, 0.2) is 21.2 Å². The zero-order valence-corrected chi connectivity index (χ0v) is 16.9. The first-order valence-electron chi connectivity index (χ1n) is 9.42. The van der Waals surface area contributed by atoms with E-state index in [1.54, 1.807) is 11.3 Å². The zero-order valence-electron chi connectivity index (χ0n) is 16.1. The number of hydrogen-bond acceptors (Lipinski definition) is 8. The van der Waals surface area contributed by atoms with Crippen molar-refractivity contribution in [1.29, 1.82) is 0 Å². The van der Waals surface area contributed by atoms with Crippen LogP contribution in [0.5, 0.6) is 0 Å². The maximum atomic E-state index is 6.51. The van der Waals surface area contributed by atoms with Gasteiger partial charge in [-0.3, -0.25) is 0 Å². The summed E-state index contributed by atoms with van der Waals surface area (Å²) < 4.78 is 11.1. The highest BCUT2D eigenvalue weighted by atomic mass is 32.1. The highest BCUT2D eigenvalue weighted by molar-refractivity contribution is 7.12. The van der Waals surface area contributed by atoms with Crippen molar-refractivity contribution >= 4 is 22.4 Å². The summed E-state index contributed by atoms with van der Waals surface area (Å²) >= 11 is 1.74. The Hall–Kier alpha value is -2.58. The normalized spacial score (nSPS) is 16.3. The van der Waals surface area contributed by atoms with E-state index in [9.17, 15) is 0 Å². The van der Waals surface area contributed by atoms with Gasteiger partial charge in [0.1, 0.15) is 0 Å². The Morgan fingerprint density at radius 2 is 1.79 bits per heavy atom. The van der Waals surface area contributed by atoms with Crippen LogP contribution in [0.25, 0.3) is 33.8 Å². The van der Waals surface area contributed by atoms with Crippen LogP contribution in [0.1, 0.15) is 47.0 Å². The molecule has 7 nitrogen and oxygen atoms in total. The fourth-order valence-electron chi connectivity index (χ4n) is 4.05. The Kier molecular flexibility index (Phi) is 3.89. The summed E-state index contributed by atoms with van der Waals surface area (Å²) in [6.45, 7) is 6.06. The minimum absolute atomic E-state index is 0.427. The lowest BCUT2D eigenvalue weighted by atomic mass is 9.98. The van der Waals surface area contributed by atoms with Gasteiger partial charge in [0.25, 0.3) is 11.6 Å².